The van der Waals surface area contributed by atoms with Crippen LogP contribution >= 0.6 is 0 Å². The van der Waals surface area contributed by atoms with Crippen LogP contribution in [0.3, 0.4) is 0 Å². The SMILES string of the molecule is CC1(C)c2ccccc2-c2c1ccc1c3ccccc3n(-c3ccc(-c4nc(-c5ccccc5)cc(-c5ccccc5)n4)cc3)c21. The van der Waals surface area contributed by atoms with Gasteiger partial charge in [-0.2, -0.15) is 0 Å². The summed E-state index contributed by atoms with van der Waals surface area (Å²) in [5.74, 6) is 0.713. The van der Waals surface area contributed by atoms with Crippen LogP contribution in [0.2, 0.25) is 0 Å². The molecule has 1 aliphatic carbocycles. The van der Waals surface area contributed by atoms with Gasteiger partial charge in [0.1, 0.15) is 0 Å². The second kappa shape index (κ2) is 10.1. The first-order chi connectivity index (χ1) is 22.6. The summed E-state index contributed by atoms with van der Waals surface area (Å²) in [5, 5.41) is 2.54. The van der Waals surface area contributed by atoms with Crippen LogP contribution in [0, 0.1) is 0 Å². The molecule has 2 heterocycles. The van der Waals surface area contributed by atoms with Gasteiger partial charge in [-0.15, -0.1) is 0 Å². The molecule has 0 aliphatic heterocycles. The van der Waals surface area contributed by atoms with Crippen LogP contribution in [-0.4, -0.2) is 14.5 Å². The van der Waals surface area contributed by atoms with Gasteiger partial charge in [-0.1, -0.05) is 129 Å². The summed E-state index contributed by atoms with van der Waals surface area (Å²) in [7, 11) is 0. The molecule has 6 aromatic carbocycles. The maximum absolute atomic E-state index is 5.06. The van der Waals surface area contributed by atoms with Crippen molar-refractivity contribution in [3.05, 3.63) is 163 Å². The Morgan fingerprint density at radius 1 is 0.500 bits per heavy atom. The molecule has 0 spiro atoms. The molecule has 0 amide bonds. The first-order valence-corrected chi connectivity index (χ1v) is 15.9. The number of nitrogens with zero attached hydrogens (tertiary/aromatic N) is 3. The van der Waals surface area contributed by atoms with Gasteiger partial charge in [-0.3, -0.25) is 0 Å². The van der Waals surface area contributed by atoms with Crippen molar-refractivity contribution in [1.29, 1.82) is 0 Å². The fourth-order valence-corrected chi connectivity index (χ4v) is 7.36. The molecular weight excluding hydrogens is 558 g/mol. The van der Waals surface area contributed by atoms with E-state index in [1.807, 2.05) is 12.1 Å². The van der Waals surface area contributed by atoms with Crippen molar-refractivity contribution in [2.45, 2.75) is 19.3 Å². The lowest BCUT2D eigenvalue weighted by Crippen LogP contribution is -2.14. The number of rotatable bonds is 4. The van der Waals surface area contributed by atoms with Crippen LogP contribution < -0.4 is 0 Å². The molecule has 218 valence electrons. The van der Waals surface area contributed by atoms with E-state index in [0.717, 1.165) is 33.8 Å². The van der Waals surface area contributed by atoms with E-state index in [1.165, 1.54) is 44.1 Å². The fraction of sp³-hybridized carbons (Fsp3) is 0.0698. The third-order valence-electron chi connectivity index (χ3n) is 9.63. The molecule has 46 heavy (non-hydrogen) atoms. The van der Waals surface area contributed by atoms with Gasteiger partial charge < -0.3 is 4.57 Å². The van der Waals surface area contributed by atoms with E-state index in [1.54, 1.807) is 0 Å². The van der Waals surface area contributed by atoms with Crippen molar-refractivity contribution >= 4 is 21.8 Å². The van der Waals surface area contributed by atoms with E-state index < -0.39 is 0 Å². The monoisotopic (exact) mass is 589 g/mol. The van der Waals surface area contributed by atoms with Crippen molar-refractivity contribution in [3.63, 3.8) is 0 Å². The summed E-state index contributed by atoms with van der Waals surface area (Å²) in [6.07, 6.45) is 0. The van der Waals surface area contributed by atoms with Crippen LogP contribution in [0.15, 0.2) is 152 Å². The highest BCUT2D eigenvalue weighted by Gasteiger charge is 2.37. The molecule has 8 aromatic rings. The van der Waals surface area contributed by atoms with Crippen molar-refractivity contribution in [2.75, 3.05) is 0 Å². The fourth-order valence-electron chi connectivity index (χ4n) is 7.36. The summed E-state index contributed by atoms with van der Waals surface area (Å²) in [6.45, 7) is 4.69. The zero-order valence-corrected chi connectivity index (χ0v) is 25.8. The molecule has 0 fully saturated rings. The Kier molecular flexibility index (Phi) is 5.85. The molecular formula is C43H31N3. The normalized spacial score (nSPS) is 13.2. The minimum Gasteiger partial charge on any atom is -0.309 e. The summed E-state index contributed by atoms with van der Waals surface area (Å²) in [5.41, 5.74) is 13.9. The summed E-state index contributed by atoms with van der Waals surface area (Å²) < 4.78 is 2.45. The van der Waals surface area contributed by atoms with Crippen molar-refractivity contribution in [1.82, 2.24) is 14.5 Å². The summed E-state index contributed by atoms with van der Waals surface area (Å²) in [4.78, 5) is 10.1. The van der Waals surface area contributed by atoms with Crippen molar-refractivity contribution in [3.8, 4) is 50.7 Å². The third kappa shape index (κ3) is 3.98. The topological polar surface area (TPSA) is 30.7 Å². The van der Waals surface area contributed by atoms with Gasteiger partial charge in [0.2, 0.25) is 0 Å². The van der Waals surface area contributed by atoms with Crippen LogP contribution in [0.5, 0.6) is 0 Å². The Morgan fingerprint density at radius 3 is 1.80 bits per heavy atom. The minimum atomic E-state index is -0.0666. The molecule has 9 rings (SSSR count). The van der Waals surface area contributed by atoms with E-state index in [0.29, 0.717) is 5.82 Å². The van der Waals surface area contributed by atoms with Crippen LogP contribution in [0.25, 0.3) is 72.5 Å². The van der Waals surface area contributed by atoms with Crippen molar-refractivity contribution < 1.29 is 0 Å². The highest BCUT2D eigenvalue weighted by Crippen LogP contribution is 2.52. The Balaban J connectivity index is 1.24. The molecule has 3 heteroatoms. The second-order valence-electron chi connectivity index (χ2n) is 12.6. The van der Waals surface area contributed by atoms with Gasteiger partial charge in [0.15, 0.2) is 5.82 Å². The number of fused-ring (bicyclic) bond motifs is 7. The first kappa shape index (κ1) is 26.6. The third-order valence-corrected chi connectivity index (χ3v) is 9.63. The minimum absolute atomic E-state index is 0.0666. The molecule has 1 aliphatic rings. The van der Waals surface area contributed by atoms with E-state index in [9.17, 15) is 0 Å². The molecule has 0 radical (unpaired) electrons. The lowest BCUT2D eigenvalue weighted by atomic mass is 9.82. The smallest absolute Gasteiger partial charge is 0.160 e. The zero-order valence-electron chi connectivity index (χ0n) is 25.8. The van der Waals surface area contributed by atoms with Gasteiger partial charge in [-0.05, 0) is 53.1 Å². The van der Waals surface area contributed by atoms with Gasteiger partial charge >= 0.3 is 0 Å². The predicted molar refractivity (Wildman–Crippen MR) is 190 cm³/mol. The number of para-hydroxylation sites is 1. The van der Waals surface area contributed by atoms with E-state index in [2.05, 4.69) is 158 Å². The molecule has 0 unspecified atom stereocenters. The number of aromatic nitrogens is 3. The number of hydrogen-bond donors (Lipinski definition) is 0. The zero-order chi connectivity index (χ0) is 30.8. The van der Waals surface area contributed by atoms with Crippen LogP contribution in [0.1, 0.15) is 25.0 Å². The highest BCUT2D eigenvalue weighted by atomic mass is 15.0. The molecule has 0 saturated carbocycles. The largest absolute Gasteiger partial charge is 0.309 e. The van der Waals surface area contributed by atoms with E-state index >= 15 is 0 Å². The summed E-state index contributed by atoms with van der Waals surface area (Å²) in [6, 6.07) is 53.8. The maximum Gasteiger partial charge on any atom is 0.160 e. The van der Waals surface area contributed by atoms with E-state index in [4.69, 9.17) is 9.97 Å². The first-order valence-electron chi connectivity index (χ1n) is 15.9. The Morgan fingerprint density at radius 2 is 1.11 bits per heavy atom. The second-order valence-corrected chi connectivity index (χ2v) is 12.6. The Labute approximate surface area is 268 Å². The Hall–Kier alpha value is -5.80. The van der Waals surface area contributed by atoms with Gasteiger partial charge in [-0.25, -0.2) is 9.97 Å². The number of hydrogen-bond acceptors (Lipinski definition) is 2. The van der Waals surface area contributed by atoms with Crippen LogP contribution in [0.4, 0.5) is 0 Å². The maximum atomic E-state index is 5.06. The number of benzene rings is 6. The lowest BCUT2D eigenvalue weighted by Gasteiger charge is -2.21. The predicted octanol–water partition coefficient (Wildman–Crippen LogP) is 10.9. The molecule has 3 nitrogen and oxygen atoms in total. The molecule has 0 atom stereocenters. The highest BCUT2D eigenvalue weighted by molar-refractivity contribution is 6.15. The molecule has 0 saturated heterocycles. The van der Waals surface area contributed by atoms with Gasteiger partial charge in [0, 0.05) is 44.1 Å². The molecule has 0 bridgehead atoms. The van der Waals surface area contributed by atoms with Gasteiger partial charge in [0.05, 0.1) is 22.4 Å². The summed E-state index contributed by atoms with van der Waals surface area (Å²) >= 11 is 0. The molecule has 0 N–H and O–H groups in total. The van der Waals surface area contributed by atoms with Gasteiger partial charge in [0.25, 0.3) is 0 Å². The van der Waals surface area contributed by atoms with E-state index in [-0.39, 0.29) is 5.41 Å². The van der Waals surface area contributed by atoms with Crippen LogP contribution in [-0.2, 0) is 5.41 Å². The quantitative estimate of drug-likeness (QED) is 0.204. The average Bonchev–Trinajstić information content (AvgIpc) is 3.58. The Bertz CT molecular complexity index is 2360. The van der Waals surface area contributed by atoms with Crippen molar-refractivity contribution in [2.24, 2.45) is 0 Å². The molecule has 2 aromatic heterocycles. The standard InChI is InChI=1S/C43H31N3/c1-43(2)35-19-11-9-18-34(35)40-36(43)26-25-33-32-17-10-12-20-39(32)46(41(33)40)31-23-21-30(22-24-31)42-44-37(28-13-5-3-6-14-28)27-38(45-42)29-15-7-4-8-16-29/h3-27H,1-2H3. The lowest BCUT2D eigenvalue weighted by molar-refractivity contribution is 0.661. The average molecular weight is 590 g/mol.